The minimum atomic E-state index is -0.138. The van der Waals surface area contributed by atoms with Crippen molar-refractivity contribution in [1.29, 1.82) is 0 Å². The van der Waals surface area contributed by atoms with Crippen molar-refractivity contribution in [3.05, 3.63) is 58.8 Å². The lowest BCUT2D eigenvalue weighted by Crippen LogP contribution is -2.15. The molecule has 7 nitrogen and oxygen atoms in total. The van der Waals surface area contributed by atoms with Gasteiger partial charge in [-0.1, -0.05) is 19.1 Å². The molecule has 0 unspecified atom stereocenters. The van der Waals surface area contributed by atoms with Gasteiger partial charge in [0.05, 0.1) is 43.7 Å². The van der Waals surface area contributed by atoms with Crippen LogP contribution in [-0.4, -0.2) is 42.8 Å². The molecule has 1 N–H and O–H groups in total. The fourth-order valence-corrected chi connectivity index (χ4v) is 5.13. The van der Waals surface area contributed by atoms with Crippen LogP contribution in [0.2, 0.25) is 0 Å². The Morgan fingerprint density at radius 3 is 2.31 bits per heavy atom. The summed E-state index contributed by atoms with van der Waals surface area (Å²) in [5.41, 5.74) is 4.93. The van der Waals surface area contributed by atoms with Crippen molar-refractivity contribution in [2.24, 2.45) is 0 Å². The Labute approximate surface area is 192 Å². The maximum Gasteiger partial charge on any atom is 0.235 e. The van der Waals surface area contributed by atoms with Gasteiger partial charge in [-0.25, -0.2) is 4.68 Å². The van der Waals surface area contributed by atoms with Gasteiger partial charge in [-0.15, -0.1) is 11.8 Å². The third-order valence-electron chi connectivity index (χ3n) is 5.59. The lowest BCUT2D eigenvalue weighted by molar-refractivity contribution is -0.113. The molecular formula is C24H27N3O4S. The van der Waals surface area contributed by atoms with Crippen LogP contribution in [0.1, 0.15) is 34.6 Å². The zero-order valence-electron chi connectivity index (χ0n) is 18.9. The van der Waals surface area contributed by atoms with Gasteiger partial charge in [0.25, 0.3) is 0 Å². The van der Waals surface area contributed by atoms with Crippen LogP contribution in [0, 0.1) is 6.92 Å². The molecule has 1 aliphatic heterocycles. The number of thioether (sulfide) groups is 1. The minimum Gasteiger partial charge on any atom is -0.493 e. The van der Waals surface area contributed by atoms with Crippen molar-refractivity contribution in [2.45, 2.75) is 25.5 Å². The summed E-state index contributed by atoms with van der Waals surface area (Å²) in [7, 11) is 4.78. The van der Waals surface area contributed by atoms with E-state index in [-0.39, 0.29) is 11.2 Å². The van der Waals surface area contributed by atoms with Gasteiger partial charge < -0.3 is 19.5 Å². The summed E-state index contributed by atoms with van der Waals surface area (Å²) in [6.07, 6.45) is 0.965. The molecule has 168 valence electrons. The molecule has 1 atom stereocenters. The fraction of sp³-hybridized carbons (Fsp3) is 0.333. The Balaban J connectivity index is 1.87. The van der Waals surface area contributed by atoms with E-state index in [9.17, 15) is 4.79 Å². The van der Waals surface area contributed by atoms with Crippen molar-refractivity contribution in [2.75, 3.05) is 32.4 Å². The van der Waals surface area contributed by atoms with Crippen LogP contribution < -0.4 is 19.5 Å². The first kappa shape index (κ1) is 22.1. The predicted octanol–water partition coefficient (Wildman–Crippen LogP) is 4.54. The molecule has 1 aromatic heterocycles. The largest absolute Gasteiger partial charge is 0.493 e. The number of ether oxygens (including phenoxy) is 3. The Kier molecular flexibility index (Phi) is 6.32. The molecule has 2 heterocycles. The number of anilines is 1. The normalized spacial score (nSPS) is 15.5. The van der Waals surface area contributed by atoms with Gasteiger partial charge in [-0.2, -0.15) is 5.10 Å². The van der Waals surface area contributed by atoms with E-state index in [4.69, 9.17) is 19.3 Å². The van der Waals surface area contributed by atoms with Gasteiger partial charge in [0.1, 0.15) is 5.82 Å². The lowest BCUT2D eigenvalue weighted by Gasteiger charge is -2.19. The third-order valence-corrected chi connectivity index (χ3v) is 6.86. The van der Waals surface area contributed by atoms with E-state index in [1.54, 1.807) is 33.1 Å². The maximum absolute atomic E-state index is 12.6. The standard InChI is InChI=1S/C24H27N3O4S/c1-6-15-7-9-17(10-8-15)27-24-21(14(2)26-27)23(32-13-20(28)25-24)16-11-18(29-3)22(31-5)19(12-16)30-4/h7-12,23H,6,13H2,1-5H3,(H,25,28)/t23-/m0/s1. The van der Waals surface area contributed by atoms with Crippen LogP contribution in [0.15, 0.2) is 36.4 Å². The van der Waals surface area contributed by atoms with Gasteiger partial charge in [-0.05, 0) is 48.7 Å². The van der Waals surface area contributed by atoms with Crippen LogP contribution in [-0.2, 0) is 11.2 Å². The number of hydrogen-bond acceptors (Lipinski definition) is 6. The topological polar surface area (TPSA) is 74.6 Å². The molecule has 2 aromatic carbocycles. The summed E-state index contributed by atoms with van der Waals surface area (Å²) < 4.78 is 18.4. The van der Waals surface area contributed by atoms with Crippen LogP contribution in [0.25, 0.3) is 5.69 Å². The first-order valence-corrected chi connectivity index (χ1v) is 11.5. The summed E-state index contributed by atoms with van der Waals surface area (Å²) in [6, 6.07) is 12.1. The quantitative estimate of drug-likeness (QED) is 0.591. The molecule has 8 heteroatoms. The van der Waals surface area contributed by atoms with Crippen LogP contribution in [0.5, 0.6) is 17.2 Å². The van der Waals surface area contributed by atoms with E-state index in [0.29, 0.717) is 28.8 Å². The summed E-state index contributed by atoms with van der Waals surface area (Å²) in [4.78, 5) is 12.6. The molecule has 0 bridgehead atoms. The molecular weight excluding hydrogens is 426 g/mol. The summed E-state index contributed by atoms with van der Waals surface area (Å²) >= 11 is 1.55. The Bertz CT molecular complexity index is 1120. The number of benzene rings is 2. The van der Waals surface area contributed by atoms with Crippen molar-refractivity contribution < 1.29 is 19.0 Å². The van der Waals surface area contributed by atoms with E-state index in [1.807, 2.05) is 35.9 Å². The Hall–Kier alpha value is -3.13. The number of hydrogen-bond donors (Lipinski definition) is 1. The molecule has 0 fully saturated rings. The molecule has 0 radical (unpaired) electrons. The molecule has 1 amide bonds. The number of carbonyl (C=O) groups is 1. The highest BCUT2D eigenvalue weighted by Crippen LogP contribution is 2.48. The first-order chi connectivity index (χ1) is 15.5. The highest BCUT2D eigenvalue weighted by molar-refractivity contribution is 8.00. The number of fused-ring (bicyclic) bond motifs is 1. The molecule has 32 heavy (non-hydrogen) atoms. The van der Waals surface area contributed by atoms with Crippen LogP contribution in [0.3, 0.4) is 0 Å². The Morgan fingerprint density at radius 2 is 1.75 bits per heavy atom. The highest BCUT2D eigenvalue weighted by atomic mass is 32.2. The average molecular weight is 454 g/mol. The highest BCUT2D eigenvalue weighted by Gasteiger charge is 2.32. The molecule has 3 aromatic rings. The number of nitrogens with one attached hydrogen (secondary N) is 1. The van der Waals surface area contributed by atoms with Gasteiger partial charge in [0, 0.05) is 5.56 Å². The summed E-state index contributed by atoms with van der Waals surface area (Å²) in [6.45, 7) is 4.09. The van der Waals surface area contributed by atoms with E-state index in [2.05, 4.69) is 24.4 Å². The molecule has 0 spiro atoms. The molecule has 4 rings (SSSR count). The van der Waals surface area contributed by atoms with Crippen molar-refractivity contribution in [3.8, 4) is 22.9 Å². The number of rotatable bonds is 6. The fourth-order valence-electron chi connectivity index (χ4n) is 3.96. The zero-order valence-corrected chi connectivity index (χ0v) is 19.7. The van der Waals surface area contributed by atoms with Gasteiger partial charge in [0.2, 0.25) is 11.7 Å². The second kappa shape index (κ2) is 9.16. The van der Waals surface area contributed by atoms with E-state index in [1.165, 1.54) is 5.56 Å². The number of aromatic nitrogens is 2. The number of carbonyl (C=O) groups excluding carboxylic acids is 1. The van der Waals surface area contributed by atoms with Gasteiger partial charge >= 0.3 is 0 Å². The number of methoxy groups -OCH3 is 3. The number of aryl methyl sites for hydroxylation is 2. The molecule has 0 aliphatic carbocycles. The smallest absolute Gasteiger partial charge is 0.235 e. The second-order valence-corrected chi connectivity index (χ2v) is 8.57. The van der Waals surface area contributed by atoms with E-state index >= 15 is 0 Å². The van der Waals surface area contributed by atoms with Crippen LogP contribution in [0.4, 0.5) is 5.82 Å². The SMILES string of the molecule is CCc1ccc(-n2nc(C)c3c2NC(=O)CS[C@H]3c2cc(OC)c(OC)c(OC)c2)cc1. The minimum absolute atomic E-state index is 0.0579. The van der Waals surface area contributed by atoms with E-state index in [0.717, 1.165) is 28.9 Å². The zero-order chi connectivity index (χ0) is 22.8. The summed E-state index contributed by atoms with van der Waals surface area (Å²) in [5.74, 6) is 2.65. The monoisotopic (exact) mass is 453 g/mol. The number of amides is 1. The van der Waals surface area contributed by atoms with Gasteiger partial charge in [-0.3, -0.25) is 4.79 Å². The van der Waals surface area contributed by atoms with E-state index < -0.39 is 0 Å². The molecule has 0 saturated heterocycles. The van der Waals surface area contributed by atoms with Crippen molar-refractivity contribution in [3.63, 3.8) is 0 Å². The third kappa shape index (κ3) is 3.90. The number of nitrogens with zero attached hydrogens (tertiary/aromatic N) is 2. The maximum atomic E-state index is 12.6. The summed E-state index contributed by atoms with van der Waals surface area (Å²) in [5, 5.41) is 7.72. The van der Waals surface area contributed by atoms with Crippen molar-refractivity contribution in [1.82, 2.24) is 9.78 Å². The van der Waals surface area contributed by atoms with Crippen LogP contribution >= 0.6 is 11.8 Å². The average Bonchev–Trinajstić information content (AvgIpc) is 3.02. The molecule has 1 aliphatic rings. The Morgan fingerprint density at radius 1 is 1.09 bits per heavy atom. The lowest BCUT2D eigenvalue weighted by atomic mass is 10.0. The van der Waals surface area contributed by atoms with Crippen molar-refractivity contribution >= 4 is 23.5 Å². The second-order valence-electron chi connectivity index (χ2n) is 7.48. The molecule has 0 saturated carbocycles. The first-order valence-electron chi connectivity index (χ1n) is 10.4. The predicted molar refractivity (Wildman–Crippen MR) is 127 cm³/mol. The van der Waals surface area contributed by atoms with Gasteiger partial charge in [0.15, 0.2) is 11.5 Å².